The van der Waals surface area contributed by atoms with E-state index in [2.05, 4.69) is 30.9 Å². The highest BCUT2D eigenvalue weighted by atomic mass is 16.3. The van der Waals surface area contributed by atoms with Crippen LogP contribution in [0.5, 0.6) is 0 Å². The van der Waals surface area contributed by atoms with Crippen molar-refractivity contribution < 1.29 is 9.90 Å². The van der Waals surface area contributed by atoms with Gasteiger partial charge < -0.3 is 14.9 Å². The Bertz CT molecular complexity index is 887. The Kier molecular flexibility index (Phi) is 8.98. The minimum Gasteiger partial charge on any atom is -0.392 e. The van der Waals surface area contributed by atoms with Gasteiger partial charge in [-0.2, -0.15) is 0 Å². The Balaban J connectivity index is 1.90. The molecule has 0 bridgehead atoms. The number of rotatable bonds is 10. The SMILES string of the molecule is CCCC(C)CN1CCC(c2cccc(CO)c2)(c2ncc(C(=O)N(CC)CC)cn2)CC1. The van der Waals surface area contributed by atoms with Crippen molar-refractivity contribution in [3.05, 3.63) is 59.2 Å². The van der Waals surface area contributed by atoms with E-state index in [0.717, 1.165) is 49.4 Å². The lowest BCUT2D eigenvalue weighted by atomic mass is 9.71. The summed E-state index contributed by atoms with van der Waals surface area (Å²) in [6.45, 7) is 13.0. The minimum absolute atomic E-state index is 0.0166. The zero-order valence-electron chi connectivity index (χ0n) is 20.8. The molecule has 0 radical (unpaired) electrons. The van der Waals surface area contributed by atoms with E-state index in [4.69, 9.17) is 9.97 Å². The summed E-state index contributed by atoms with van der Waals surface area (Å²) in [5.74, 6) is 1.44. The number of aliphatic hydroxyl groups is 1. The molecule has 1 aliphatic rings. The van der Waals surface area contributed by atoms with E-state index in [1.807, 2.05) is 26.0 Å². The van der Waals surface area contributed by atoms with Crippen LogP contribution in [0.15, 0.2) is 36.7 Å². The average molecular weight is 453 g/mol. The summed E-state index contributed by atoms with van der Waals surface area (Å²) >= 11 is 0. The average Bonchev–Trinajstić information content (AvgIpc) is 2.85. The second-order valence-corrected chi connectivity index (χ2v) is 9.41. The second-order valence-electron chi connectivity index (χ2n) is 9.41. The predicted molar refractivity (Wildman–Crippen MR) is 132 cm³/mol. The molecule has 0 aliphatic carbocycles. The molecule has 3 rings (SSSR count). The number of hydrogen-bond donors (Lipinski definition) is 1. The number of likely N-dealkylation sites (tertiary alicyclic amines) is 1. The lowest BCUT2D eigenvalue weighted by Gasteiger charge is -2.42. The largest absolute Gasteiger partial charge is 0.392 e. The highest BCUT2D eigenvalue weighted by Gasteiger charge is 2.40. The number of benzene rings is 1. The molecule has 180 valence electrons. The molecule has 1 fully saturated rings. The van der Waals surface area contributed by atoms with Crippen molar-refractivity contribution in [2.75, 3.05) is 32.7 Å². The Hall–Kier alpha value is -2.31. The van der Waals surface area contributed by atoms with Crippen molar-refractivity contribution in [1.29, 1.82) is 0 Å². The molecular formula is C27H40N4O2. The molecule has 2 aromatic rings. The molecule has 1 aromatic heterocycles. The maximum atomic E-state index is 12.7. The molecule has 2 heterocycles. The summed E-state index contributed by atoms with van der Waals surface area (Å²) in [6, 6.07) is 8.18. The zero-order valence-corrected chi connectivity index (χ0v) is 20.8. The number of carbonyl (C=O) groups is 1. The summed E-state index contributed by atoms with van der Waals surface area (Å²) < 4.78 is 0. The lowest BCUT2D eigenvalue weighted by molar-refractivity contribution is 0.0771. The molecule has 0 saturated carbocycles. The van der Waals surface area contributed by atoms with E-state index < -0.39 is 0 Å². The standard InChI is InChI=1S/C27H40N4O2/c1-5-9-21(4)19-30-14-12-27(13-15-30,24-11-8-10-22(16-24)20-32)26-28-17-23(18-29-26)25(33)31(6-2)7-3/h8,10-11,16-18,21,32H,5-7,9,12-15,19-20H2,1-4H3. The zero-order chi connectivity index (χ0) is 23.8. The Morgan fingerprint density at radius 1 is 1.15 bits per heavy atom. The van der Waals surface area contributed by atoms with Crippen LogP contribution in [0.4, 0.5) is 0 Å². The molecule has 1 aromatic carbocycles. The molecule has 33 heavy (non-hydrogen) atoms. The maximum Gasteiger partial charge on any atom is 0.256 e. The summed E-state index contributed by atoms with van der Waals surface area (Å²) in [5, 5.41) is 9.72. The Morgan fingerprint density at radius 2 is 1.82 bits per heavy atom. The molecule has 1 saturated heterocycles. The van der Waals surface area contributed by atoms with Gasteiger partial charge in [-0.05, 0) is 63.2 Å². The smallest absolute Gasteiger partial charge is 0.256 e. The van der Waals surface area contributed by atoms with E-state index in [-0.39, 0.29) is 17.9 Å². The van der Waals surface area contributed by atoms with Crippen molar-refractivity contribution in [1.82, 2.24) is 19.8 Å². The first-order chi connectivity index (χ1) is 16.0. The summed E-state index contributed by atoms with van der Waals surface area (Å²) in [7, 11) is 0. The quantitative estimate of drug-likeness (QED) is 0.583. The normalized spacial score (nSPS) is 17.0. The molecule has 6 nitrogen and oxygen atoms in total. The van der Waals surface area contributed by atoms with E-state index in [0.29, 0.717) is 24.6 Å². The van der Waals surface area contributed by atoms with Crippen LogP contribution in [0.3, 0.4) is 0 Å². The highest BCUT2D eigenvalue weighted by molar-refractivity contribution is 5.93. The third-order valence-corrected chi connectivity index (χ3v) is 7.10. The van der Waals surface area contributed by atoms with E-state index in [9.17, 15) is 9.90 Å². The van der Waals surface area contributed by atoms with Crippen LogP contribution >= 0.6 is 0 Å². The highest BCUT2D eigenvalue weighted by Crippen LogP contribution is 2.40. The van der Waals surface area contributed by atoms with Crippen LogP contribution in [0, 0.1) is 5.92 Å². The van der Waals surface area contributed by atoms with Gasteiger partial charge in [-0.1, -0.05) is 44.5 Å². The molecule has 1 atom stereocenters. The van der Waals surface area contributed by atoms with Crippen LogP contribution in [0.2, 0.25) is 0 Å². The molecule has 1 aliphatic heterocycles. The van der Waals surface area contributed by atoms with Crippen LogP contribution in [0.1, 0.15) is 80.7 Å². The van der Waals surface area contributed by atoms with Crippen molar-refractivity contribution >= 4 is 5.91 Å². The van der Waals surface area contributed by atoms with Gasteiger partial charge in [0.2, 0.25) is 0 Å². The van der Waals surface area contributed by atoms with Gasteiger partial charge in [0.05, 0.1) is 17.6 Å². The first kappa shape index (κ1) is 25.3. The third kappa shape index (κ3) is 5.79. The van der Waals surface area contributed by atoms with Gasteiger partial charge in [-0.3, -0.25) is 4.79 Å². The maximum absolute atomic E-state index is 12.7. The first-order valence-corrected chi connectivity index (χ1v) is 12.5. The first-order valence-electron chi connectivity index (χ1n) is 12.5. The third-order valence-electron chi connectivity index (χ3n) is 7.10. The van der Waals surface area contributed by atoms with Gasteiger partial charge in [0.15, 0.2) is 0 Å². The van der Waals surface area contributed by atoms with Crippen LogP contribution < -0.4 is 0 Å². The molecule has 1 unspecified atom stereocenters. The Labute approximate surface area is 199 Å². The molecule has 1 N–H and O–H groups in total. The topological polar surface area (TPSA) is 69.6 Å². The van der Waals surface area contributed by atoms with Crippen molar-refractivity contribution in [2.45, 2.75) is 65.4 Å². The van der Waals surface area contributed by atoms with E-state index in [1.165, 1.54) is 12.8 Å². The van der Waals surface area contributed by atoms with E-state index in [1.54, 1.807) is 17.3 Å². The fourth-order valence-corrected chi connectivity index (χ4v) is 5.13. The fourth-order valence-electron chi connectivity index (χ4n) is 5.13. The van der Waals surface area contributed by atoms with Crippen LogP contribution in [-0.4, -0.2) is 63.5 Å². The van der Waals surface area contributed by atoms with Gasteiger partial charge in [-0.25, -0.2) is 9.97 Å². The van der Waals surface area contributed by atoms with Gasteiger partial charge in [0.25, 0.3) is 5.91 Å². The molecule has 6 heteroatoms. The summed E-state index contributed by atoms with van der Waals surface area (Å²) in [6.07, 6.45) is 7.70. The number of piperidine rings is 1. The van der Waals surface area contributed by atoms with Gasteiger partial charge >= 0.3 is 0 Å². The number of carbonyl (C=O) groups excluding carboxylic acids is 1. The number of aliphatic hydroxyl groups excluding tert-OH is 1. The number of aromatic nitrogens is 2. The van der Waals surface area contributed by atoms with Crippen LogP contribution in [0.25, 0.3) is 0 Å². The predicted octanol–water partition coefficient (Wildman–Crippen LogP) is 4.27. The van der Waals surface area contributed by atoms with E-state index >= 15 is 0 Å². The van der Waals surface area contributed by atoms with Crippen LogP contribution in [-0.2, 0) is 12.0 Å². The molecule has 1 amide bonds. The number of hydrogen-bond acceptors (Lipinski definition) is 5. The number of amides is 1. The van der Waals surface area contributed by atoms with Gasteiger partial charge in [0, 0.05) is 32.0 Å². The van der Waals surface area contributed by atoms with Gasteiger partial charge in [-0.15, -0.1) is 0 Å². The fraction of sp³-hybridized carbons (Fsp3) is 0.593. The summed E-state index contributed by atoms with van der Waals surface area (Å²) in [4.78, 5) is 26.6. The van der Waals surface area contributed by atoms with Crippen molar-refractivity contribution in [3.63, 3.8) is 0 Å². The molecule has 0 spiro atoms. The molecular weight excluding hydrogens is 412 g/mol. The lowest BCUT2D eigenvalue weighted by Crippen LogP contribution is -2.45. The van der Waals surface area contributed by atoms with Crippen molar-refractivity contribution in [2.24, 2.45) is 5.92 Å². The summed E-state index contributed by atoms with van der Waals surface area (Å²) in [5.41, 5.74) is 2.27. The number of nitrogens with zero attached hydrogens (tertiary/aromatic N) is 4. The van der Waals surface area contributed by atoms with Gasteiger partial charge in [0.1, 0.15) is 5.82 Å². The Morgan fingerprint density at radius 3 is 2.39 bits per heavy atom. The monoisotopic (exact) mass is 452 g/mol. The second kappa shape index (κ2) is 11.7. The van der Waals surface area contributed by atoms with Crippen molar-refractivity contribution in [3.8, 4) is 0 Å². The minimum atomic E-state index is -0.313.